The molecule has 0 aliphatic heterocycles. The molecule has 1 aromatic rings. The molecule has 2 N–H and O–H groups in total. The van der Waals surface area contributed by atoms with Gasteiger partial charge in [0.25, 0.3) is 0 Å². The number of ether oxygens (including phenoxy) is 1. The molecule has 6 heteroatoms. The SMILES string of the molecule is C=Cc1ccc(COC(=O)C(C)NC(=O)CCC(=O)O)cc1. The topological polar surface area (TPSA) is 92.7 Å². The molecular weight excluding hydrogens is 286 g/mol. The van der Waals surface area contributed by atoms with E-state index in [-0.39, 0.29) is 19.4 Å². The van der Waals surface area contributed by atoms with Gasteiger partial charge >= 0.3 is 11.9 Å². The van der Waals surface area contributed by atoms with E-state index in [1.54, 1.807) is 6.08 Å². The molecule has 118 valence electrons. The molecule has 0 saturated carbocycles. The number of hydrogen-bond donors (Lipinski definition) is 2. The molecule has 0 aliphatic carbocycles. The predicted molar refractivity (Wildman–Crippen MR) is 80.8 cm³/mol. The van der Waals surface area contributed by atoms with Gasteiger partial charge in [0.2, 0.25) is 5.91 Å². The highest BCUT2D eigenvalue weighted by atomic mass is 16.5. The molecule has 0 heterocycles. The van der Waals surface area contributed by atoms with Crippen molar-refractivity contribution in [2.75, 3.05) is 0 Å². The normalized spacial score (nSPS) is 11.3. The first-order valence-corrected chi connectivity index (χ1v) is 6.81. The fourth-order valence-corrected chi connectivity index (χ4v) is 1.62. The number of carbonyl (C=O) groups is 3. The summed E-state index contributed by atoms with van der Waals surface area (Å²) >= 11 is 0. The highest BCUT2D eigenvalue weighted by Gasteiger charge is 2.17. The molecule has 1 atom stereocenters. The zero-order valence-corrected chi connectivity index (χ0v) is 12.4. The number of aliphatic carboxylic acids is 1. The Balaban J connectivity index is 2.38. The number of nitrogens with one attached hydrogen (secondary N) is 1. The van der Waals surface area contributed by atoms with Crippen LogP contribution in [0.4, 0.5) is 0 Å². The second-order valence-corrected chi connectivity index (χ2v) is 4.74. The zero-order chi connectivity index (χ0) is 16.5. The van der Waals surface area contributed by atoms with Crippen LogP contribution in [0, 0.1) is 0 Å². The number of rotatable bonds is 8. The van der Waals surface area contributed by atoms with Gasteiger partial charge in [0.1, 0.15) is 12.6 Å². The van der Waals surface area contributed by atoms with E-state index >= 15 is 0 Å². The van der Waals surface area contributed by atoms with Crippen LogP contribution < -0.4 is 5.32 Å². The number of hydrogen-bond acceptors (Lipinski definition) is 4. The van der Waals surface area contributed by atoms with Gasteiger partial charge in [-0.15, -0.1) is 0 Å². The second kappa shape index (κ2) is 8.61. The summed E-state index contributed by atoms with van der Waals surface area (Å²) in [5, 5.41) is 10.9. The molecule has 1 aromatic carbocycles. The summed E-state index contributed by atoms with van der Waals surface area (Å²) in [6.45, 7) is 5.24. The maximum atomic E-state index is 11.7. The van der Waals surface area contributed by atoms with Crippen molar-refractivity contribution >= 4 is 23.9 Å². The Morgan fingerprint density at radius 1 is 1.27 bits per heavy atom. The quantitative estimate of drug-likeness (QED) is 0.714. The number of carboxylic acids is 1. The molecule has 0 saturated heterocycles. The van der Waals surface area contributed by atoms with Gasteiger partial charge in [-0.3, -0.25) is 9.59 Å². The van der Waals surface area contributed by atoms with Crippen molar-refractivity contribution in [1.29, 1.82) is 0 Å². The molecular formula is C16H19NO5. The van der Waals surface area contributed by atoms with E-state index in [4.69, 9.17) is 9.84 Å². The van der Waals surface area contributed by atoms with Crippen LogP contribution in [0.15, 0.2) is 30.8 Å². The molecule has 0 spiro atoms. The average Bonchev–Trinajstić information content (AvgIpc) is 2.51. The van der Waals surface area contributed by atoms with Gasteiger partial charge in [-0.05, 0) is 18.1 Å². The van der Waals surface area contributed by atoms with Crippen LogP contribution in [0.25, 0.3) is 6.08 Å². The van der Waals surface area contributed by atoms with Crippen molar-refractivity contribution in [3.05, 3.63) is 42.0 Å². The monoisotopic (exact) mass is 305 g/mol. The lowest BCUT2D eigenvalue weighted by Crippen LogP contribution is -2.39. The van der Waals surface area contributed by atoms with E-state index in [1.807, 2.05) is 24.3 Å². The van der Waals surface area contributed by atoms with Gasteiger partial charge in [0, 0.05) is 6.42 Å². The number of carboxylic acid groups (broad SMARTS) is 1. The summed E-state index contributed by atoms with van der Waals surface area (Å²) in [4.78, 5) is 33.5. The number of carbonyl (C=O) groups excluding carboxylic acids is 2. The first-order valence-electron chi connectivity index (χ1n) is 6.81. The van der Waals surface area contributed by atoms with Crippen molar-refractivity contribution < 1.29 is 24.2 Å². The van der Waals surface area contributed by atoms with Crippen molar-refractivity contribution in [3.63, 3.8) is 0 Å². The lowest BCUT2D eigenvalue weighted by molar-refractivity contribution is -0.148. The molecule has 1 unspecified atom stereocenters. The highest BCUT2D eigenvalue weighted by Crippen LogP contribution is 2.07. The smallest absolute Gasteiger partial charge is 0.328 e. The predicted octanol–water partition coefficient (Wildman–Crippen LogP) is 1.74. The third kappa shape index (κ3) is 6.21. The van der Waals surface area contributed by atoms with Crippen molar-refractivity contribution in [2.24, 2.45) is 0 Å². The van der Waals surface area contributed by atoms with E-state index in [9.17, 15) is 14.4 Å². The first-order chi connectivity index (χ1) is 10.4. The molecule has 1 rings (SSSR count). The van der Waals surface area contributed by atoms with Crippen LogP contribution in [0.1, 0.15) is 30.9 Å². The summed E-state index contributed by atoms with van der Waals surface area (Å²) in [5.41, 5.74) is 1.79. The fourth-order valence-electron chi connectivity index (χ4n) is 1.62. The van der Waals surface area contributed by atoms with Gasteiger partial charge in [-0.25, -0.2) is 4.79 Å². The Kier molecular flexibility index (Phi) is 6.82. The number of benzene rings is 1. The third-order valence-electron chi connectivity index (χ3n) is 2.89. The summed E-state index contributed by atoms with van der Waals surface area (Å²) in [5.74, 6) is -2.13. The van der Waals surface area contributed by atoms with Gasteiger partial charge < -0.3 is 15.2 Å². The Morgan fingerprint density at radius 3 is 2.45 bits per heavy atom. The van der Waals surface area contributed by atoms with Crippen LogP contribution in [0.2, 0.25) is 0 Å². The van der Waals surface area contributed by atoms with Crippen molar-refractivity contribution in [1.82, 2.24) is 5.32 Å². The lowest BCUT2D eigenvalue weighted by atomic mass is 10.1. The summed E-state index contributed by atoms with van der Waals surface area (Å²) < 4.78 is 5.09. The number of amides is 1. The van der Waals surface area contributed by atoms with Crippen molar-refractivity contribution in [3.8, 4) is 0 Å². The molecule has 0 fully saturated rings. The molecule has 6 nitrogen and oxygen atoms in total. The summed E-state index contributed by atoms with van der Waals surface area (Å²) in [6.07, 6.45) is 1.27. The van der Waals surface area contributed by atoms with Gasteiger partial charge in [0.05, 0.1) is 6.42 Å². The third-order valence-corrected chi connectivity index (χ3v) is 2.89. The van der Waals surface area contributed by atoms with E-state index < -0.39 is 23.9 Å². The Labute approximate surface area is 128 Å². The van der Waals surface area contributed by atoms with Crippen molar-refractivity contribution in [2.45, 2.75) is 32.4 Å². The molecule has 0 bridgehead atoms. The first kappa shape index (κ1) is 17.4. The standard InChI is InChI=1S/C16H19NO5/c1-3-12-4-6-13(7-5-12)10-22-16(21)11(2)17-14(18)8-9-15(19)20/h3-7,11H,1,8-10H2,2H3,(H,17,18)(H,19,20). The molecule has 22 heavy (non-hydrogen) atoms. The largest absolute Gasteiger partial charge is 0.481 e. The molecule has 1 amide bonds. The van der Waals surface area contributed by atoms with Crippen LogP contribution in [-0.2, 0) is 25.7 Å². The summed E-state index contributed by atoms with van der Waals surface area (Å²) in [6, 6.07) is 6.52. The van der Waals surface area contributed by atoms with Crippen LogP contribution in [0.5, 0.6) is 0 Å². The fraction of sp³-hybridized carbons (Fsp3) is 0.312. The van der Waals surface area contributed by atoms with Gasteiger partial charge in [-0.1, -0.05) is 36.9 Å². The van der Waals surface area contributed by atoms with Crippen LogP contribution in [-0.4, -0.2) is 29.0 Å². The summed E-state index contributed by atoms with van der Waals surface area (Å²) in [7, 11) is 0. The van der Waals surface area contributed by atoms with E-state index in [0.717, 1.165) is 11.1 Å². The zero-order valence-electron chi connectivity index (χ0n) is 12.4. The van der Waals surface area contributed by atoms with Crippen LogP contribution in [0.3, 0.4) is 0 Å². The average molecular weight is 305 g/mol. The minimum Gasteiger partial charge on any atom is -0.481 e. The van der Waals surface area contributed by atoms with Gasteiger partial charge in [-0.2, -0.15) is 0 Å². The van der Waals surface area contributed by atoms with Gasteiger partial charge in [0.15, 0.2) is 0 Å². The lowest BCUT2D eigenvalue weighted by Gasteiger charge is -2.13. The second-order valence-electron chi connectivity index (χ2n) is 4.74. The highest BCUT2D eigenvalue weighted by molar-refractivity contribution is 5.85. The Morgan fingerprint density at radius 2 is 1.91 bits per heavy atom. The van der Waals surface area contributed by atoms with E-state index in [0.29, 0.717) is 0 Å². The maximum Gasteiger partial charge on any atom is 0.328 e. The minimum absolute atomic E-state index is 0.103. The molecule has 0 aromatic heterocycles. The molecule has 0 radical (unpaired) electrons. The molecule has 0 aliphatic rings. The Hall–Kier alpha value is -2.63. The number of esters is 1. The van der Waals surface area contributed by atoms with E-state index in [2.05, 4.69) is 11.9 Å². The minimum atomic E-state index is -1.06. The van der Waals surface area contributed by atoms with Crippen LogP contribution >= 0.6 is 0 Å². The Bertz CT molecular complexity index is 550. The maximum absolute atomic E-state index is 11.7. The van der Waals surface area contributed by atoms with E-state index in [1.165, 1.54) is 6.92 Å².